The Morgan fingerprint density at radius 2 is 1.63 bits per heavy atom. The van der Waals surface area contributed by atoms with Crippen LogP contribution in [0.1, 0.15) is 45.4 Å². The second-order valence-corrected chi connectivity index (χ2v) is 6.91. The van der Waals surface area contributed by atoms with Crippen molar-refractivity contribution in [2.75, 3.05) is 40.3 Å². The van der Waals surface area contributed by atoms with Crippen molar-refractivity contribution < 1.29 is 0 Å². The Bertz CT molecular complexity index is 242. The van der Waals surface area contributed by atoms with E-state index in [4.69, 9.17) is 0 Å². The van der Waals surface area contributed by atoms with Crippen LogP contribution in [0.4, 0.5) is 0 Å². The van der Waals surface area contributed by atoms with E-state index < -0.39 is 0 Å². The number of likely N-dealkylation sites (N-methyl/N-ethyl adjacent to an activating group) is 1. The fourth-order valence-electron chi connectivity index (χ4n) is 3.77. The van der Waals surface area contributed by atoms with Crippen molar-refractivity contribution in [1.29, 1.82) is 0 Å². The molecule has 0 spiro atoms. The Kier molecular flexibility index (Phi) is 6.11. The molecule has 2 aliphatic heterocycles. The van der Waals surface area contributed by atoms with E-state index in [0.29, 0.717) is 0 Å². The predicted octanol–water partition coefficient (Wildman–Crippen LogP) is 2.18. The van der Waals surface area contributed by atoms with Crippen LogP contribution < -0.4 is 5.32 Å². The molecule has 2 atom stereocenters. The summed E-state index contributed by atoms with van der Waals surface area (Å²) in [5.74, 6) is 0.984. The molecule has 3 nitrogen and oxygen atoms in total. The van der Waals surface area contributed by atoms with Crippen LogP contribution in [-0.2, 0) is 0 Å². The molecule has 112 valence electrons. The van der Waals surface area contributed by atoms with E-state index in [1.807, 2.05) is 0 Å². The molecule has 0 amide bonds. The van der Waals surface area contributed by atoms with Crippen molar-refractivity contribution in [3.63, 3.8) is 0 Å². The van der Waals surface area contributed by atoms with Crippen molar-refractivity contribution in [1.82, 2.24) is 15.1 Å². The first-order valence-corrected chi connectivity index (χ1v) is 8.30. The predicted molar refractivity (Wildman–Crippen MR) is 82.6 cm³/mol. The number of rotatable bonds is 8. The van der Waals surface area contributed by atoms with Gasteiger partial charge in [0.15, 0.2) is 0 Å². The third kappa shape index (κ3) is 5.05. The van der Waals surface area contributed by atoms with E-state index in [2.05, 4.69) is 36.1 Å². The van der Waals surface area contributed by atoms with Crippen LogP contribution in [0.5, 0.6) is 0 Å². The molecular formula is C16H33N3. The molecule has 2 bridgehead atoms. The van der Waals surface area contributed by atoms with Crippen molar-refractivity contribution in [3.8, 4) is 0 Å². The van der Waals surface area contributed by atoms with Gasteiger partial charge in [0, 0.05) is 25.2 Å². The van der Waals surface area contributed by atoms with Gasteiger partial charge in [-0.3, -0.25) is 0 Å². The molecule has 3 heteroatoms. The first-order valence-electron chi connectivity index (χ1n) is 8.30. The Balaban J connectivity index is 1.69. The smallest absolute Gasteiger partial charge is 0.0109 e. The van der Waals surface area contributed by atoms with Crippen molar-refractivity contribution in [2.45, 2.75) is 57.5 Å². The highest BCUT2D eigenvalue weighted by Gasteiger charge is 2.33. The zero-order valence-corrected chi connectivity index (χ0v) is 13.2. The average molecular weight is 267 g/mol. The van der Waals surface area contributed by atoms with Crippen LogP contribution in [0.25, 0.3) is 0 Å². The molecule has 0 aliphatic carbocycles. The second-order valence-electron chi connectivity index (χ2n) is 6.91. The number of nitrogens with zero attached hydrogens (tertiary/aromatic N) is 2. The summed E-state index contributed by atoms with van der Waals surface area (Å²) < 4.78 is 0. The number of nitrogens with one attached hydrogen (secondary N) is 1. The van der Waals surface area contributed by atoms with Gasteiger partial charge in [0.25, 0.3) is 0 Å². The van der Waals surface area contributed by atoms with Crippen LogP contribution in [0.2, 0.25) is 0 Å². The van der Waals surface area contributed by atoms with Gasteiger partial charge in [-0.25, -0.2) is 0 Å². The SMILES string of the molecule is CCCN(CCC1CC2CCC(C1)N2)CCN(C)C. The number of hydrogen-bond donors (Lipinski definition) is 1. The maximum Gasteiger partial charge on any atom is 0.0109 e. The molecule has 2 saturated heterocycles. The molecule has 0 aromatic carbocycles. The summed E-state index contributed by atoms with van der Waals surface area (Å²) in [6, 6.07) is 1.70. The molecule has 0 radical (unpaired) electrons. The summed E-state index contributed by atoms with van der Waals surface area (Å²) in [5.41, 5.74) is 0. The fraction of sp³-hybridized carbons (Fsp3) is 1.00. The van der Waals surface area contributed by atoms with Gasteiger partial charge in [0.2, 0.25) is 0 Å². The van der Waals surface area contributed by atoms with Gasteiger partial charge in [-0.15, -0.1) is 0 Å². The zero-order valence-electron chi connectivity index (χ0n) is 13.2. The lowest BCUT2D eigenvalue weighted by atomic mass is 9.89. The Morgan fingerprint density at radius 1 is 0.947 bits per heavy atom. The van der Waals surface area contributed by atoms with Gasteiger partial charge in [-0.05, 0) is 71.6 Å². The lowest BCUT2D eigenvalue weighted by Crippen LogP contribution is -2.40. The molecular weight excluding hydrogens is 234 g/mol. The highest BCUT2D eigenvalue weighted by Crippen LogP contribution is 2.32. The Hall–Kier alpha value is -0.120. The molecule has 0 aromatic heterocycles. The molecule has 2 rings (SSSR count). The van der Waals surface area contributed by atoms with E-state index in [1.54, 1.807) is 0 Å². The van der Waals surface area contributed by atoms with E-state index in [1.165, 1.54) is 64.7 Å². The normalized spacial score (nSPS) is 30.5. The topological polar surface area (TPSA) is 18.5 Å². The standard InChI is InChI=1S/C16H33N3/c1-4-8-19(11-10-18(2)3)9-7-14-12-15-5-6-16(13-14)17-15/h14-17H,4-13H2,1-3H3. The van der Waals surface area contributed by atoms with Crippen LogP contribution in [0, 0.1) is 5.92 Å². The maximum absolute atomic E-state index is 3.75. The molecule has 0 aromatic rings. The second kappa shape index (κ2) is 7.61. The van der Waals surface area contributed by atoms with Crippen molar-refractivity contribution in [3.05, 3.63) is 0 Å². The van der Waals surface area contributed by atoms with Crippen LogP contribution >= 0.6 is 0 Å². The average Bonchev–Trinajstić information content (AvgIpc) is 2.72. The molecule has 0 saturated carbocycles. The molecule has 2 heterocycles. The van der Waals surface area contributed by atoms with Crippen molar-refractivity contribution in [2.24, 2.45) is 5.92 Å². The maximum atomic E-state index is 3.75. The Labute approximate surface area is 119 Å². The van der Waals surface area contributed by atoms with E-state index >= 15 is 0 Å². The third-order valence-electron chi connectivity index (χ3n) is 4.83. The van der Waals surface area contributed by atoms with Gasteiger partial charge in [0.05, 0.1) is 0 Å². The largest absolute Gasteiger partial charge is 0.311 e. The first-order chi connectivity index (χ1) is 9.17. The minimum Gasteiger partial charge on any atom is -0.311 e. The minimum atomic E-state index is 0.852. The molecule has 2 aliphatic rings. The number of hydrogen-bond acceptors (Lipinski definition) is 3. The quantitative estimate of drug-likeness (QED) is 0.727. The summed E-state index contributed by atoms with van der Waals surface area (Å²) in [7, 11) is 4.35. The van der Waals surface area contributed by atoms with Crippen LogP contribution in [0.15, 0.2) is 0 Å². The van der Waals surface area contributed by atoms with E-state index in [0.717, 1.165) is 18.0 Å². The summed E-state index contributed by atoms with van der Waals surface area (Å²) in [6.45, 7) is 7.31. The summed E-state index contributed by atoms with van der Waals surface area (Å²) in [5, 5.41) is 3.75. The van der Waals surface area contributed by atoms with Crippen molar-refractivity contribution >= 4 is 0 Å². The third-order valence-corrected chi connectivity index (χ3v) is 4.83. The van der Waals surface area contributed by atoms with E-state index in [9.17, 15) is 0 Å². The van der Waals surface area contributed by atoms with Gasteiger partial charge >= 0.3 is 0 Å². The van der Waals surface area contributed by atoms with Gasteiger partial charge in [0.1, 0.15) is 0 Å². The summed E-state index contributed by atoms with van der Waals surface area (Å²) in [6.07, 6.45) is 8.43. The van der Waals surface area contributed by atoms with Gasteiger partial charge in [-0.2, -0.15) is 0 Å². The molecule has 19 heavy (non-hydrogen) atoms. The summed E-state index contributed by atoms with van der Waals surface area (Å²) in [4.78, 5) is 4.97. The highest BCUT2D eigenvalue weighted by atomic mass is 15.2. The van der Waals surface area contributed by atoms with Crippen LogP contribution in [-0.4, -0.2) is 62.2 Å². The molecule has 2 unspecified atom stereocenters. The molecule has 2 fully saturated rings. The number of fused-ring (bicyclic) bond motifs is 2. The lowest BCUT2D eigenvalue weighted by molar-refractivity contribution is 0.203. The Morgan fingerprint density at radius 3 is 2.21 bits per heavy atom. The zero-order chi connectivity index (χ0) is 13.7. The monoisotopic (exact) mass is 267 g/mol. The number of piperidine rings is 1. The summed E-state index contributed by atoms with van der Waals surface area (Å²) >= 11 is 0. The van der Waals surface area contributed by atoms with Gasteiger partial charge < -0.3 is 15.1 Å². The van der Waals surface area contributed by atoms with E-state index in [-0.39, 0.29) is 0 Å². The van der Waals surface area contributed by atoms with Gasteiger partial charge in [-0.1, -0.05) is 6.92 Å². The first kappa shape index (κ1) is 15.3. The molecule has 1 N–H and O–H groups in total. The highest BCUT2D eigenvalue weighted by molar-refractivity contribution is 4.92. The van der Waals surface area contributed by atoms with Crippen LogP contribution in [0.3, 0.4) is 0 Å². The lowest BCUT2D eigenvalue weighted by Gasteiger charge is -2.31. The fourth-order valence-corrected chi connectivity index (χ4v) is 3.77. The minimum absolute atomic E-state index is 0.852.